The fraction of sp³-hybridized carbons (Fsp3) is 0. The molecule has 1 rings (SSSR count). The summed E-state index contributed by atoms with van der Waals surface area (Å²) in [5, 5.41) is 8.85. The second-order valence-corrected chi connectivity index (χ2v) is 4.42. The Morgan fingerprint density at radius 1 is 1.46 bits per heavy atom. The van der Waals surface area contributed by atoms with Gasteiger partial charge in [0.25, 0.3) is 0 Å². The Labute approximate surface area is 98.3 Å². The molecule has 66 valence electrons. The van der Waals surface area contributed by atoms with Crippen LogP contribution in [0.5, 0.6) is 0 Å². The first-order valence-corrected chi connectivity index (χ1v) is 5.32. The van der Waals surface area contributed by atoms with Crippen LogP contribution in [0.4, 0.5) is 0 Å². The first-order valence-electron chi connectivity index (χ1n) is 3.36. The van der Waals surface area contributed by atoms with Gasteiger partial charge in [-0.05, 0) is 18.2 Å². The van der Waals surface area contributed by atoms with E-state index >= 15 is 0 Å². The van der Waals surface area contributed by atoms with Crippen LogP contribution in [0.3, 0.4) is 0 Å². The molecule has 0 aromatic heterocycles. The van der Waals surface area contributed by atoms with Gasteiger partial charge >= 0.3 is 0 Å². The van der Waals surface area contributed by atoms with Crippen LogP contribution in [-0.2, 0) is 0 Å². The molecule has 1 aromatic rings. The summed E-state index contributed by atoms with van der Waals surface area (Å²) in [6.45, 7) is 0. The second-order valence-electron chi connectivity index (χ2n) is 2.25. The molecule has 0 radical (unpaired) electrons. The zero-order valence-electron chi connectivity index (χ0n) is 6.39. The fourth-order valence-electron chi connectivity index (χ4n) is 0.815. The van der Waals surface area contributed by atoms with Gasteiger partial charge in [-0.2, -0.15) is 5.26 Å². The van der Waals surface area contributed by atoms with E-state index < -0.39 is 0 Å². The molecule has 0 saturated heterocycles. The Kier molecular flexibility index (Phi) is 3.98. The summed E-state index contributed by atoms with van der Waals surface area (Å²) in [6, 6.07) is 7.49. The lowest BCUT2D eigenvalue weighted by atomic mass is 10.2. The number of nitriles is 1. The van der Waals surface area contributed by atoms with E-state index in [0.717, 1.165) is 14.5 Å². The third kappa shape index (κ3) is 2.84. The highest BCUT2D eigenvalue weighted by atomic mass is 79.9. The SMILES string of the molecule is N#C/C=C(/Cl)c1cc(Br)ccc1Br. The van der Waals surface area contributed by atoms with Crippen molar-refractivity contribution in [1.29, 1.82) is 5.26 Å². The van der Waals surface area contributed by atoms with Gasteiger partial charge in [0.15, 0.2) is 0 Å². The van der Waals surface area contributed by atoms with Gasteiger partial charge in [-0.25, -0.2) is 0 Å². The van der Waals surface area contributed by atoms with Gasteiger partial charge < -0.3 is 0 Å². The highest BCUT2D eigenvalue weighted by molar-refractivity contribution is 9.11. The Hall–Kier alpha value is -0.300. The lowest BCUT2D eigenvalue weighted by molar-refractivity contribution is 1.52. The topological polar surface area (TPSA) is 23.8 Å². The Balaban J connectivity index is 3.22. The van der Waals surface area contributed by atoms with Crippen molar-refractivity contribution in [3.8, 4) is 6.07 Å². The van der Waals surface area contributed by atoms with Crippen LogP contribution in [0, 0.1) is 11.3 Å². The summed E-state index contributed by atoms with van der Waals surface area (Å²) >= 11 is 12.5. The Bertz CT molecular complexity index is 393. The number of nitrogens with zero attached hydrogens (tertiary/aromatic N) is 1. The molecule has 0 saturated carbocycles. The third-order valence-electron chi connectivity index (χ3n) is 1.38. The third-order valence-corrected chi connectivity index (χ3v) is 2.87. The van der Waals surface area contributed by atoms with Crippen LogP contribution in [-0.4, -0.2) is 0 Å². The van der Waals surface area contributed by atoms with Gasteiger partial charge in [0.05, 0.1) is 11.1 Å². The van der Waals surface area contributed by atoms with Crippen molar-refractivity contribution in [3.63, 3.8) is 0 Å². The number of hydrogen-bond donors (Lipinski definition) is 0. The largest absolute Gasteiger partial charge is 0.193 e. The Morgan fingerprint density at radius 3 is 2.77 bits per heavy atom. The maximum atomic E-state index is 8.42. The molecule has 0 bridgehead atoms. The van der Waals surface area contributed by atoms with Crippen LogP contribution >= 0.6 is 43.5 Å². The summed E-state index contributed by atoms with van der Waals surface area (Å²) in [7, 11) is 0. The molecule has 0 fully saturated rings. The van der Waals surface area contributed by atoms with E-state index in [1.807, 2.05) is 24.3 Å². The molecule has 0 aliphatic carbocycles. The van der Waals surface area contributed by atoms with Crippen LogP contribution in [0.25, 0.3) is 5.03 Å². The van der Waals surface area contributed by atoms with E-state index in [0.29, 0.717) is 5.03 Å². The molecule has 0 unspecified atom stereocenters. The van der Waals surface area contributed by atoms with E-state index in [1.54, 1.807) is 0 Å². The van der Waals surface area contributed by atoms with Crippen molar-refractivity contribution in [2.45, 2.75) is 0 Å². The average molecular weight is 321 g/mol. The monoisotopic (exact) mass is 319 g/mol. The smallest absolute Gasteiger partial charge is 0.0927 e. The average Bonchev–Trinajstić information content (AvgIpc) is 2.09. The molecule has 4 heteroatoms. The summed E-state index contributed by atoms with van der Waals surface area (Å²) in [6.07, 6.45) is 1.30. The number of benzene rings is 1. The maximum Gasteiger partial charge on any atom is 0.0927 e. The highest BCUT2D eigenvalue weighted by Crippen LogP contribution is 2.29. The molecular formula is C9H4Br2ClN. The standard InChI is InChI=1S/C9H4Br2ClN/c10-6-1-2-8(11)7(5-6)9(12)3-4-13/h1-3,5H/b9-3+. The first-order chi connectivity index (χ1) is 6.15. The van der Waals surface area contributed by atoms with Gasteiger partial charge in [0, 0.05) is 20.6 Å². The van der Waals surface area contributed by atoms with E-state index in [1.165, 1.54) is 6.08 Å². The van der Waals surface area contributed by atoms with Crippen molar-refractivity contribution in [2.75, 3.05) is 0 Å². The van der Waals surface area contributed by atoms with Crippen LogP contribution in [0.1, 0.15) is 5.56 Å². The molecule has 1 nitrogen and oxygen atoms in total. The molecule has 0 heterocycles. The van der Waals surface area contributed by atoms with Crippen molar-refractivity contribution >= 4 is 48.5 Å². The van der Waals surface area contributed by atoms with Gasteiger partial charge in [0.1, 0.15) is 0 Å². The summed E-state index contributed by atoms with van der Waals surface area (Å²) in [5.74, 6) is 0. The number of allylic oxidation sites excluding steroid dienone is 1. The predicted molar refractivity (Wildman–Crippen MR) is 61.3 cm³/mol. The fourth-order valence-corrected chi connectivity index (χ4v) is 1.96. The van der Waals surface area contributed by atoms with Crippen molar-refractivity contribution in [2.24, 2.45) is 0 Å². The first kappa shape index (κ1) is 10.8. The molecule has 0 amide bonds. The lowest BCUT2D eigenvalue weighted by Crippen LogP contribution is -1.79. The van der Waals surface area contributed by atoms with Crippen LogP contribution in [0.2, 0.25) is 0 Å². The van der Waals surface area contributed by atoms with Gasteiger partial charge in [-0.3, -0.25) is 0 Å². The molecular weight excluding hydrogens is 317 g/mol. The molecule has 1 aromatic carbocycles. The highest BCUT2D eigenvalue weighted by Gasteiger charge is 2.03. The van der Waals surface area contributed by atoms with Crippen molar-refractivity contribution in [1.82, 2.24) is 0 Å². The lowest BCUT2D eigenvalue weighted by Gasteiger charge is -2.01. The van der Waals surface area contributed by atoms with Gasteiger partial charge in [-0.15, -0.1) is 0 Å². The summed E-state index contributed by atoms with van der Waals surface area (Å²) in [5.41, 5.74) is 0.803. The Morgan fingerprint density at radius 2 is 2.15 bits per heavy atom. The molecule has 0 N–H and O–H groups in total. The molecule has 13 heavy (non-hydrogen) atoms. The quantitative estimate of drug-likeness (QED) is 0.707. The molecule has 0 spiro atoms. The number of rotatable bonds is 1. The minimum atomic E-state index is 0.427. The van der Waals surface area contributed by atoms with Crippen molar-refractivity contribution in [3.05, 3.63) is 38.8 Å². The summed E-state index contributed by atoms with van der Waals surface area (Å²) < 4.78 is 1.79. The van der Waals surface area contributed by atoms with Gasteiger partial charge in [-0.1, -0.05) is 43.5 Å². The molecule has 0 aliphatic heterocycles. The van der Waals surface area contributed by atoms with Crippen LogP contribution < -0.4 is 0 Å². The second kappa shape index (κ2) is 4.80. The molecule has 0 atom stereocenters. The summed E-state index contributed by atoms with van der Waals surface area (Å²) in [4.78, 5) is 0. The predicted octanol–water partition coefficient (Wildman–Crippen LogP) is 4.31. The van der Waals surface area contributed by atoms with E-state index in [9.17, 15) is 0 Å². The molecule has 0 aliphatic rings. The number of halogens is 3. The maximum absolute atomic E-state index is 8.42. The van der Waals surface area contributed by atoms with Crippen LogP contribution in [0.15, 0.2) is 33.2 Å². The minimum Gasteiger partial charge on any atom is -0.193 e. The van der Waals surface area contributed by atoms with E-state index in [-0.39, 0.29) is 0 Å². The van der Waals surface area contributed by atoms with E-state index in [2.05, 4.69) is 31.9 Å². The zero-order chi connectivity index (χ0) is 9.84. The van der Waals surface area contributed by atoms with Crippen molar-refractivity contribution < 1.29 is 0 Å². The van der Waals surface area contributed by atoms with E-state index in [4.69, 9.17) is 16.9 Å². The minimum absolute atomic E-state index is 0.427. The van der Waals surface area contributed by atoms with Gasteiger partial charge in [0.2, 0.25) is 0 Å². The zero-order valence-corrected chi connectivity index (χ0v) is 10.3. The normalized spacial score (nSPS) is 11.1. The number of hydrogen-bond acceptors (Lipinski definition) is 1.